The van der Waals surface area contributed by atoms with Gasteiger partial charge in [-0.1, -0.05) is 33.2 Å². The smallest absolute Gasteiger partial charge is 0.0256 e. The highest BCUT2D eigenvalue weighted by atomic mass is 31.2. The number of rotatable bonds is 5. The van der Waals surface area contributed by atoms with Crippen LogP contribution >= 0.6 is 7.14 Å². The number of hydrogen-bond acceptors (Lipinski definition) is 0. The summed E-state index contributed by atoms with van der Waals surface area (Å²) in [6, 6.07) is 0. The molecule has 0 aromatic carbocycles. The van der Waals surface area contributed by atoms with Gasteiger partial charge in [0.05, 0.1) is 0 Å². The van der Waals surface area contributed by atoms with Crippen LogP contribution in [-0.4, -0.2) is 24.0 Å². The van der Waals surface area contributed by atoms with Crippen LogP contribution in [0.25, 0.3) is 0 Å². The van der Waals surface area contributed by atoms with Gasteiger partial charge < -0.3 is 0 Å². The largest absolute Gasteiger partial charge is 0.202 e. The van der Waals surface area contributed by atoms with Gasteiger partial charge in [0, 0.05) is 17.0 Å². The van der Waals surface area contributed by atoms with Crippen LogP contribution in [-0.2, 0) is 0 Å². The van der Waals surface area contributed by atoms with Gasteiger partial charge in [0.25, 0.3) is 0 Å². The Kier molecular flexibility index (Phi) is 6.73. The molecule has 0 aromatic rings. The maximum Gasteiger partial charge on any atom is 0.0256 e. The lowest BCUT2D eigenvalue weighted by atomic mass is 9.98. The molecule has 126 valence electrons. The van der Waals surface area contributed by atoms with Gasteiger partial charge in [-0.15, -0.1) is 0 Å². The van der Waals surface area contributed by atoms with E-state index in [1.807, 2.05) is 0 Å². The van der Waals surface area contributed by atoms with Crippen LogP contribution < -0.4 is 0 Å². The first-order valence-electron chi connectivity index (χ1n) is 10.6. The first-order valence-corrected chi connectivity index (χ1v) is 12.7. The molecule has 3 rings (SSSR count). The summed E-state index contributed by atoms with van der Waals surface area (Å²) in [7, 11) is -0.847. The molecule has 0 bridgehead atoms. The summed E-state index contributed by atoms with van der Waals surface area (Å²) in [5, 5.41) is 0. The summed E-state index contributed by atoms with van der Waals surface area (Å²) >= 11 is 0. The summed E-state index contributed by atoms with van der Waals surface area (Å²) in [4.78, 5) is 0. The first-order chi connectivity index (χ1) is 10.9. The van der Waals surface area contributed by atoms with Crippen LogP contribution in [0.1, 0.15) is 103 Å². The molecule has 0 amide bonds. The zero-order valence-corrected chi connectivity index (χ0v) is 16.0. The van der Waals surface area contributed by atoms with E-state index in [9.17, 15) is 0 Å². The Bertz CT molecular complexity index is 266. The van der Waals surface area contributed by atoms with Crippen molar-refractivity contribution in [1.82, 2.24) is 0 Å². The monoisotopic (exact) mass is 320 g/mol. The Morgan fingerprint density at radius 2 is 0.909 bits per heavy atom. The predicted octanol–water partition coefficient (Wildman–Crippen LogP) is 7.06. The first kappa shape index (κ1) is 17.3. The highest BCUT2D eigenvalue weighted by molar-refractivity contribution is 8.02. The third-order valence-electron chi connectivity index (χ3n) is 7.12. The molecule has 22 heavy (non-hydrogen) atoms. The highest BCUT2D eigenvalue weighted by Gasteiger charge is 2.47. The van der Waals surface area contributed by atoms with Gasteiger partial charge >= 0.3 is 0 Å². The average molecular weight is 320 g/mol. The Labute approximate surface area is 141 Å². The molecule has 3 aliphatic carbocycles. The highest BCUT2D eigenvalue weighted by Crippen LogP contribution is 2.76. The molecule has 2 heteroatoms. The fourth-order valence-corrected chi connectivity index (χ4v) is 13.3. The Morgan fingerprint density at radius 1 is 0.591 bits per heavy atom. The zero-order chi connectivity index (χ0) is 15.3. The second-order valence-corrected chi connectivity index (χ2v) is 12.7. The van der Waals surface area contributed by atoms with Crippen molar-refractivity contribution >= 4 is 14.1 Å². The van der Waals surface area contributed by atoms with E-state index in [0.29, 0.717) is 0 Å². The Balaban J connectivity index is 1.88. The van der Waals surface area contributed by atoms with E-state index in [1.54, 1.807) is 77.0 Å². The second-order valence-electron chi connectivity index (χ2n) is 8.36. The van der Waals surface area contributed by atoms with Crippen molar-refractivity contribution in [3.05, 3.63) is 0 Å². The summed E-state index contributed by atoms with van der Waals surface area (Å²) in [5.74, 6) is 0. The van der Waals surface area contributed by atoms with Crippen LogP contribution in [0.2, 0.25) is 6.32 Å². The molecule has 0 aliphatic heterocycles. The van der Waals surface area contributed by atoms with E-state index in [1.165, 1.54) is 25.6 Å². The van der Waals surface area contributed by atoms with Crippen molar-refractivity contribution in [2.45, 2.75) is 127 Å². The maximum absolute atomic E-state index is 3.00. The molecule has 2 radical (unpaired) electrons. The van der Waals surface area contributed by atoms with E-state index >= 15 is 0 Å². The fourth-order valence-electron chi connectivity index (χ4n) is 6.24. The lowest BCUT2D eigenvalue weighted by molar-refractivity contribution is 0.457. The molecule has 0 N–H and O–H groups in total. The third kappa shape index (κ3) is 3.60. The lowest BCUT2D eigenvalue weighted by Crippen LogP contribution is -2.38. The third-order valence-corrected chi connectivity index (χ3v) is 13.5. The normalized spacial score (nSPS) is 27.1. The molecule has 3 fully saturated rings. The average Bonchev–Trinajstić information content (AvgIpc) is 2.62. The molecule has 0 spiro atoms. The molecule has 0 heterocycles. The molecule has 0 atom stereocenters. The van der Waals surface area contributed by atoms with Crippen molar-refractivity contribution in [3.8, 4) is 0 Å². The van der Waals surface area contributed by atoms with Crippen molar-refractivity contribution in [3.63, 3.8) is 0 Å². The summed E-state index contributed by atoms with van der Waals surface area (Å²) < 4.78 is 0. The van der Waals surface area contributed by atoms with E-state index in [4.69, 9.17) is 0 Å². The van der Waals surface area contributed by atoms with Gasteiger partial charge in [0.15, 0.2) is 0 Å². The summed E-state index contributed by atoms with van der Waals surface area (Å²) in [6.45, 7) is 5.44. The molecule has 0 saturated heterocycles. The van der Waals surface area contributed by atoms with Gasteiger partial charge in [0.2, 0.25) is 0 Å². The molecular formula is C20H38BP. The van der Waals surface area contributed by atoms with Crippen LogP contribution in [0.4, 0.5) is 0 Å². The van der Waals surface area contributed by atoms with E-state index in [0.717, 1.165) is 17.0 Å². The summed E-state index contributed by atoms with van der Waals surface area (Å²) in [5.41, 5.74) is 3.44. The van der Waals surface area contributed by atoms with E-state index in [-0.39, 0.29) is 0 Å². The molecule has 0 unspecified atom stereocenters. The minimum atomic E-state index is -0.847. The molecular weight excluding hydrogens is 282 g/mol. The van der Waals surface area contributed by atoms with Gasteiger partial charge in [-0.2, -0.15) is 6.32 Å². The number of hydrogen-bond donors (Lipinski definition) is 0. The molecule has 0 aromatic heterocycles. The topological polar surface area (TPSA) is 0 Å². The quantitative estimate of drug-likeness (QED) is 0.376. The lowest BCUT2D eigenvalue weighted by Gasteiger charge is -2.58. The van der Waals surface area contributed by atoms with Crippen LogP contribution in [0.3, 0.4) is 0 Å². The maximum atomic E-state index is 3.00. The van der Waals surface area contributed by atoms with Crippen molar-refractivity contribution < 1.29 is 0 Å². The predicted molar refractivity (Wildman–Crippen MR) is 104 cm³/mol. The molecule has 3 aliphatic rings. The Morgan fingerprint density at radius 3 is 1.18 bits per heavy atom. The minimum Gasteiger partial charge on any atom is -0.202 e. The van der Waals surface area contributed by atoms with E-state index in [2.05, 4.69) is 13.9 Å². The van der Waals surface area contributed by atoms with Gasteiger partial charge in [-0.05, 0) is 77.0 Å². The second kappa shape index (κ2) is 8.55. The van der Waals surface area contributed by atoms with Gasteiger partial charge in [-0.3, -0.25) is 0 Å². The van der Waals surface area contributed by atoms with Crippen LogP contribution in [0.15, 0.2) is 0 Å². The SMILES string of the molecule is CC[B-][P+](C1CCCCC1)(C1CCCCC1)C1CCCCC1. The van der Waals surface area contributed by atoms with Crippen molar-refractivity contribution in [2.75, 3.05) is 0 Å². The molecule has 3 saturated carbocycles. The van der Waals surface area contributed by atoms with Crippen LogP contribution in [0.5, 0.6) is 0 Å². The van der Waals surface area contributed by atoms with Crippen molar-refractivity contribution in [1.29, 1.82) is 0 Å². The zero-order valence-electron chi connectivity index (χ0n) is 15.1. The summed E-state index contributed by atoms with van der Waals surface area (Å²) in [6.07, 6.45) is 24.8. The molecule has 0 nitrogen and oxygen atoms in total. The van der Waals surface area contributed by atoms with Gasteiger partial charge in [0.1, 0.15) is 0 Å². The Hall–Kier alpha value is 0.495. The van der Waals surface area contributed by atoms with Crippen LogP contribution in [0, 0.1) is 0 Å². The standard InChI is InChI=1S/C20H38BP/c1-2-21-22(18-12-6-3-7-13-18,19-14-8-4-9-15-19)20-16-10-5-11-17-20/h18-20H,2-17H2,1H3. The van der Waals surface area contributed by atoms with E-state index < -0.39 is 7.14 Å². The minimum absolute atomic E-state index is 0.847. The van der Waals surface area contributed by atoms with Crippen molar-refractivity contribution in [2.24, 2.45) is 0 Å². The van der Waals surface area contributed by atoms with Gasteiger partial charge in [-0.25, -0.2) is 7.14 Å². The fraction of sp³-hybridized carbons (Fsp3) is 1.00.